The van der Waals surface area contributed by atoms with Crippen molar-refractivity contribution in [2.24, 2.45) is 5.92 Å². The zero-order valence-corrected chi connectivity index (χ0v) is 17.7. The Hall–Kier alpha value is -3.39. The van der Waals surface area contributed by atoms with Crippen LogP contribution >= 0.6 is 11.6 Å². The first-order valence-electron chi connectivity index (χ1n) is 9.94. The molecule has 1 fully saturated rings. The fourth-order valence-corrected chi connectivity index (χ4v) is 3.89. The van der Waals surface area contributed by atoms with E-state index in [2.05, 4.69) is 20.5 Å². The molecule has 31 heavy (non-hydrogen) atoms. The number of amides is 2. The van der Waals surface area contributed by atoms with E-state index in [-0.39, 0.29) is 17.7 Å². The zero-order chi connectivity index (χ0) is 21.8. The number of aromatic nitrogens is 3. The number of ether oxygens (including phenoxy) is 1. The fourth-order valence-electron chi connectivity index (χ4n) is 3.64. The van der Waals surface area contributed by atoms with Crippen LogP contribution in [0.5, 0.6) is 5.75 Å². The van der Waals surface area contributed by atoms with E-state index in [0.717, 1.165) is 12.0 Å². The summed E-state index contributed by atoms with van der Waals surface area (Å²) < 4.78 is 5.13. The lowest BCUT2D eigenvalue weighted by Gasteiger charge is -2.31. The van der Waals surface area contributed by atoms with E-state index in [9.17, 15) is 9.59 Å². The first kappa shape index (κ1) is 20.9. The normalized spacial score (nSPS) is 16.1. The number of piperidine rings is 1. The average Bonchev–Trinajstić information content (AvgIpc) is 3.30. The third-order valence-corrected chi connectivity index (χ3v) is 5.58. The van der Waals surface area contributed by atoms with Crippen LogP contribution in [0.15, 0.2) is 48.8 Å². The summed E-state index contributed by atoms with van der Waals surface area (Å²) in [5.41, 5.74) is 2.54. The Kier molecular flexibility index (Phi) is 6.18. The number of halogens is 1. The van der Waals surface area contributed by atoms with Gasteiger partial charge in [0.2, 0.25) is 5.91 Å². The standard InChI is InChI=1S/C22H22ClN5O3/c1-31-20-5-4-16(11-17(20)23)25-21(29)15-3-2-10-28(13-15)22(30)19-12-18(26-27-19)14-6-8-24-9-7-14/h4-9,11-12,15H,2-3,10,13H2,1H3,(H,25,29)(H,26,27). The van der Waals surface area contributed by atoms with Crippen LogP contribution in [0.25, 0.3) is 11.3 Å². The maximum absolute atomic E-state index is 13.0. The van der Waals surface area contributed by atoms with Crippen molar-refractivity contribution in [3.63, 3.8) is 0 Å². The number of aromatic amines is 1. The highest BCUT2D eigenvalue weighted by atomic mass is 35.5. The Bertz CT molecular complexity index is 1090. The summed E-state index contributed by atoms with van der Waals surface area (Å²) in [5, 5.41) is 10.4. The van der Waals surface area contributed by atoms with Gasteiger partial charge in [0.15, 0.2) is 0 Å². The smallest absolute Gasteiger partial charge is 0.271 e. The minimum absolute atomic E-state index is 0.138. The first-order valence-corrected chi connectivity index (χ1v) is 10.3. The number of benzene rings is 1. The van der Waals surface area contributed by atoms with E-state index in [1.54, 1.807) is 41.6 Å². The molecule has 1 saturated heterocycles. The predicted molar refractivity (Wildman–Crippen MR) is 117 cm³/mol. The van der Waals surface area contributed by atoms with E-state index in [0.29, 0.717) is 47.4 Å². The number of hydrogen-bond acceptors (Lipinski definition) is 5. The fraction of sp³-hybridized carbons (Fsp3) is 0.273. The summed E-state index contributed by atoms with van der Waals surface area (Å²) in [6.07, 6.45) is 4.81. The molecule has 1 aliphatic heterocycles. The number of carbonyl (C=O) groups excluding carboxylic acids is 2. The van der Waals surface area contributed by atoms with Crippen molar-refractivity contribution in [1.82, 2.24) is 20.1 Å². The topological polar surface area (TPSA) is 100 Å². The van der Waals surface area contributed by atoms with Gasteiger partial charge in [0.25, 0.3) is 5.91 Å². The Labute approximate surface area is 184 Å². The van der Waals surface area contributed by atoms with Crippen LogP contribution in [0, 0.1) is 5.92 Å². The van der Waals surface area contributed by atoms with Crippen LogP contribution in [-0.4, -0.2) is 52.1 Å². The third-order valence-electron chi connectivity index (χ3n) is 5.28. The van der Waals surface area contributed by atoms with Crippen molar-refractivity contribution in [1.29, 1.82) is 0 Å². The number of anilines is 1. The molecule has 160 valence electrons. The maximum atomic E-state index is 13.0. The van der Waals surface area contributed by atoms with Gasteiger partial charge in [-0.15, -0.1) is 0 Å². The van der Waals surface area contributed by atoms with Gasteiger partial charge in [0.05, 0.1) is 23.7 Å². The van der Waals surface area contributed by atoms with E-state index >= 15 is 0 Å². The minimum atomic E-state index is -0.304. The second-order valence-corrected chi connectivity index (χ2v) is 7.74. The maximum Gasteiger partial charge on any atom is 0.271 e. The van der Waals surface area contributed by atoms with Gasteiger partial charge in [-0.25, -0.2) is 0 Å². The number of pyridine rings is 1. The van der Waals surface area contributed by atoms with Crippen molar-refractivity contribution in [3.05, 3.63) is 59.5 Å². The molecule has 2 amide bonds. The van der Waals surface area contributed by atoms with E-state index in [4.69, 9.17) is 16.3 Å². The van der Waals surface area contributed by atoms with Crippen LogP contribution in [0.3, 0.4) is 0 Å². The van der Waals surface area contributed by atoms with Gasteiger partial charge < -0.3 is 15.0 Å². The van der Waals surface area contributed by atoms with E-state index < -0.39 is 0 Å². The highest BCUT2D eigenvalue weighted by Crippen LogP contribution is 2.28. The van der Waals surface area contributed by atoms with Gasteiger partial charge in [-0.3, -0.25) is 19.7 Å². The molecule has 2 N–H and O–H groups in total. The molecule has 8 nitrogen and oxygen atoms in total. The Morgan fingerprint density at radius 1 is 1.23 bits per heavy atom. The van der Waals surface area contributed by atoms with E-state index in [1.165, 1.54) is 7.11 Å². The molecular formula is C22H22ClN5O3. The van der Waals surface area contributed by atoms with E-state index in [1.807, 2.05) is 12.1 Å². The molecule has 0 saturated carbocycles. The summed E-state index contributed by atoms with van der Waals surface area (Å²) >= 11 is 6.14. The minimum Gasteiger partial charge on any atom is -0.495 e. The lowest BCUT2D eigenvalue weighted by molar-refractivity contribution is -0.121. The highest BCUT2D eigenvalue weighted by Gasteiger charge is 2.30. The molecule has 0 bridgehead atoms. The molecule has 3 aromatic rings. The number of methoxy groups -OCH3 is 1. The van der Waals surface area contributed by atoms with Crippen LogP contribution < -0.4 is 10.1 Å². The molecule has 0 aliphatic carbocycles. The lowest BCUT2D eigenvalue weighted by atomic mass is 9.96. The van der Waals surface area contributed by atoms with Gasteiger partial charge in [0, 0.05) is 36.7 Å². The molecule has 2 aromatic heterocycles. The second-order valence-electron chi connectivity index (χ2n) is 7.33. The number of likely N-dealkylation sites (tertiary alicyclic amines) is 1. The summed E-state index contributed by atoms with van der Waals surface area (Å²) in [6.45, 7) is 0.943. The Morgan fingerprint density at radius 2 is 2.03 bits per heavy atom. The van der Waals surface area contributed by atoms with Gasteiger partial charge in [0.1, 0.15) is 11.4 Å². The summed E-state index contributed by atoms with van der Waals surface area (Å²) in [4.78, 5) is 31.4. The number of carbonyl (C=O) groups is 2. The number of rotatable bonds is 5. The highest BCUT2D eigenvalue weighted by molar-refractivity contribution is 6.32. The average molecular weight is 440 g/mol. The SMILES string of the molecule is COc1ccc(NC(=O)C2CCCN(C(=O)c3cc(-c4ccncc4)n[nH]3)C2)cc1Cl. The molecule has 4 rings (SSSR count). The van der Waals surface area contributed by atoms with Crippen molar-refractivity contribution in [2.75, 3.05) is 25.5 Å². The first-order chi connectivity index (χ1) is 15.0. The quantitative estimate of drug-likeness (QED) is 0.632. The lowest BCUT2D eigenvalue weighted by Crippen LogP contribution is -2.43. The van der Waals surface area contributed by atoms with Crippen LogP contribution in [0.1, 0.15) is 23.3 Å². The molecule has 9 heteroatoms. The third kappa shape index (κ3) is 4.69. The largest absolute Gasteiger partial charge is 0.495 e. The molecule has 1 aromatic carbocycles. The molecular weight excluding hydrogens is 418 g/mol. The Morgan fingerprint density at radius 3 is 2.77 bits per heavy atom. The van der Waals surface area contributed by atoms with Crippen molar-refractivity contribution in [2.45, 2.75) is 12.8 Å². The van der Waals surface area contributed by atoms with Crippen LogP contribution in [0.4, 0.5) is 5.69 Å². The van der Waals surface area contributed by atoms with Gasteiger partial charge in [-0.2, -0.15) is 5.10 Å². The van der Waals surface area contributed by atoms with Gasteiger partial charge >= 0.3 is 0 Å². The summed E-state index contributed by atoms with van der Waals surface area (Å²) in [6, 6.07) is 10.5. The number of nitrogens with one attached hydrogen (secondary N) is 2. The molecule has 0 spiro atoms. The molecule has 1 aliphatic rings. The second kappa shape index (κ2) is 9.18. The molecule has 1 unspecified atom stereocenters. The molecule has 1 atom stereocenters. The van der Waals surface area contributed by atoms with Crippen LogP contribution in [-0.2, 0) is 4.79 Å². The number of H-pyrrole nitrogens is 1. The predicted octanol–water partition coefficient (Wildman–Crippen LogP) is 3.62. The Balaban J connectivity index is 1.41. The number of nitrogens with zero attached hydrogens (tertiary/aromatic N) is 3. The van der Waals surface area contributed by atoms with Crippen molar-refractivity contribution < 1.29 is 14.3 Å². The van der Waals surface area contributed by atoms with Crippen molar-refractivity contribution in [3.8, 4) is 17.0 Å². The number of hydrogen-bond donors (Lipinski definition) is 2. The van der Waals surface area contributed by atoms with Gasteiger partial charge in [-0.05, 0) is 49.2 Å². The molecule has 0 radical (unpaired) electrons. The van der Waals surface area contributed by atoms with Crippen molar-refractivity contribution >= 4 is 29.1 Å². The zero-order valence-electron chi connectivity index (χ0n) is 17.0. The van der Waals surface area contributed by atoms with Crippen LogP contribution in [0.2, 0.25) is 5.02 Å². The monoisotopic (exact) mass is 439 g/mol. The molecule has 3 heterocycles. The van der Waals surface area contributed by atoms with Gasteiger partial charge in [-0.1, -0.05) is 11.6 Å². The summed E-state index contributed by atoms with van der Waals surface area (Å²) in [5.74, 6) is -0.0698. The summed E-state index contributed by atoms with van der Waals surface area (Å²) in [7, 11) is 1.53.